The van der Waals surface area contributed by atoms with Crippen molar-refractivity contribution >= 4 is 28.9 Å². The van der Waals surface area contributed by atoms with Crippen molar-refractivity contribution in [1.82, 2.24) is 0 Å². The largest absolute Gasteiger partial charge is 0.477 e. The number of hydrogen-bond donors (Lipinski definition) is 0. The number of carbonyl (C=O) groups excluding carboxylic acids is 1. The third-order valence-electron chi connectivity index (χ3n) is 5.33. The maximum absolute atomic E-state index is 13.2. The number of amides is 1. The van der Waals surface area contributed by atoms with E-state index in [9.17, 15) is 4.79 Å². The van der Waals surface area contributed by atoms with Gasteiger partial charge in [-0.3, -0.25) is 4.79 Å². The second-order valence-electron chi connectivity index (χ2n) is 7.87. The maximum Gasteiger partial charge on any atom is 0.282 e. The van der Waals surface area contributed by atoms with Crippen molar-refractivity contribution in [3.05, 3.63) is 137 Å². The predicted molar refractivity (Wildman–Crippen MR) is 143 cm³/mol. The van der Waals surface area contributed by atoms with E-state index in [1.54, 1.807) is 18.2 Å². The van der Waals surface area contributed by atoms with Crippen LogP contribution in [-0.4, -0.2) is 24.3 Å². The van der Waals surface area contributed by atoms with E-state index in [1.807, 2.05) is 105 Å². The van der Waals surface area contributed by atoms with E-state index < -0.39 is 5.91 Å². The first kappa shape index (κ1) is 23.6. The van der Waals surface area contributed by atoms with Gasteiger partial charge in [0.05, 0.1) is 23.4 Å². The van der Waals surface area contributed by atoms with Gasteiger partial charge in [-0.1, -0.05) is 90.5 Å². The Labute approximate surface area is 206 Å². The molecule has 0 unspecified atom stereocenters. The molecule has 0 fully saturated rings. The number of aliphatic imine (C=N–C) groups is 2. The minimum atomic E-state index is -0.420. The summed E-state index contributed by atoms with van der Waals surface area (Å²) in [5, 5.41) is 0. The van der Waals surface area contributed by atoms with Crippen LogP contribution in [0, 0.1) is 6.92 Å². The SMILES string of the molecule is CCOC(=NC(=O)c1ccccc1N=C=C(c1ccccc1)c1ccccc1)c1ccc(C)cc1. The Morgan fingerprint density at radius 1 is 0.743 bits per heavy atom. The van der Waals surface area contributed by atoms with Crippen molar-refractivity contribution in [3.8, 4) is 0 Å². The average molecular weight is 459 g/mol. The molecule has 0 bridgehead atoms. The number of nitrogens with zero attached hydrogens (tertiary/aromatic N) is 2. The molecule has 35 heavy (non-hydrogen) atoms. The lowest BCUT2D eigenvalue weighted by Crippen LogP contribution is -2.10. The monoisotopic (exact) mass is 458 g/mol. The van der Waals surface area contributed by atoms with E-state index in [0.29, 0.717) is 23.8 Å². The Bertz CT molecular complexity index is 1340. The molecule has 0 aliphatic heterocycles. The third-order valence-corrected chi connectivity index (χ3v) is 5.33. The van der Waals surface area contributed by atoms with E-state index in [-0.39, 0.29) is 0 Å². The van der Waals surface area contributed by atoms with Crippen LogP contribution in [0.25, 0.3) is 5.57 Å². The number of rotatable bonds is 6. The summed E-state index contributed by atoms with van der Waals surface area (Å²) >= 11 is 0. The molecule has 0 heterocycles. The van der Waals surface area contributed by atoms with Crippen LogP contribution >= 0.6 is 0 Å². The highest BCUT2D eigenvalue weighted by Crippen LogP contribution is 2.23. The Morgan fingerprint density at radius 2 is 1.31 bits per heavy atom. The Morgan fingerprint density at radius 3 is 1.91 bits per heavy atom. The van der Waals surface area contributed by atoms with Crippen molar-refractivity contribution in [2.45, 2.75) is 13.8 Å². The molecule has 0 saturated carbocycles. The first-order chi connectivity index (χ1) is 17.2. The van der Waals surface area contributed by atoms with E-state index in [2.05, 4.69) is 15.9 Å². The molecule has 0 spiro atoms. The molecule has 0 atom stereocenters. The fraction of sp³-hybridized carbons (Fsp3) is 0.0968. The van der Waals surface area contributed by atoms with Crippen LogP contribution in [0.15, 0.2) is 119 Å². The number of benzene rings is 4. The van der Waals surface area contributed by atoms with Gasteiger partial charge in [-0.05, 0) is 55.1 Å². The van der Waals surface area contributed by atoms with E-state index >= 15 is 0 Å². The highest BCUT2D eigenvalue weighted by atomic mass is 16.5. The van der Waals surface area contributed by atoms with Crippen molar-refractivity contribution in [2.75, 3.05) is 6.61 Å². The van der Waals surface area contributed by atoms with Gasteiger partial charge >= 0.3 is 0 Å². The van der Waals surface area contributed by atoms with Gasteiger partial charge in [0, 0.05) is 5.56 Å². The lowest BCUT2D eigenvalue weighted by molar-refractivity contribution is 0.1000. The molecule has 0 aromatic heterocycles. The summed E-state index contributed by atoms with van der Waals surface area (Å²) in [6.07, 6.45) is 0. The highest BCUT2D eigenvalue weighted by Gasteiger charge is 2.14. The van der Waals surface area contributed by atoms with Gasteiger partial charge < -0.3 is 4.74 Å². The zero-order valence-electron chi connectivity index (χ0n) is 19.8. The van der Waals surface area contributed by atoms with Gasteiger partial charge in [-0.15, -0.1) is 0 Å². The molecule has 0 aliphatic rings. The van der Waals surface area contributed by atoms with E-state index in [1.165, 1.54) is 0 Å². The summed E-state index contributed by atoms with van der Waals surface area (Å²) in [5.74, 6) is 3.06. The van der Waals surface area contributed by atoms with Crippen LogP contribution in [0.2, 0.25) is 0 Å². The zero-order chi connectivity index (χ0) is 24.5. The minimum absolute atomic E-state index is 0.293. The molecular formula is C31H26N2O2. The number of carbonyl (C=O) groups is 1. The first-order valence-corrected chi connectivity index (χ1v) is 11.5. The Kier molecular flexibility index (Phi) is 7.80. The normalized spacial score (nSPS) is 10.9. The summed E-state index contributed by atoms with van der Waals surface area (Å²) in [4.78, 5) is 22.1. The van der Waals surface area contributed by atoms with Gasteiger partial charge in [-0.25, -0.2) is 4.99 Å². The number of para-hydroxylation sites is 1. The standard InChI is InChI=1S/C31H26N2O2/c1-3-35-31(26-20-18-23(2)19-21-26)33-30(34)27-16-10-11-17-29(27)32-22-28(24-12-6-4-7-13-24)25-14-8-5-9-15-25/h4-21H,3H2,1-2H3. The van der Waals surface area contributed by atoms with Crippen LogP contribution in [0.3, 0.4) is 0 Å². The fourth-order valence-corrected chi connectivity index (χ4v) is 3.54. The molecule has 172 valence electrons. The van der Waals surface area contributed by atoms with Gasteiger partial charge in [0.1, 0.15) is 0 Å². The molecule has 4 aromatic carbocycles. The van der Waals surface area contributed by atoms with Crippen LogP contribution in [-0.2, 0) is 4.74 Å². The maximum atomic E-state index is 13.2. The van der Waals surface area contributed by atoms with Crippen LogP contribution in [0.5, 0.6) is 0 Å². The van der Waals surface area contributed by atoms with Crippen LogP contribution in [0.4, 0.5) is 5.69 Å². The van der Waals surface area contributed by atoms with Crippen molar-refractivity contribution in [2.24, 2.45) is 9.98 Å². The van der Waals surface area contributed by atoms with Gasteiger partial charge in [0.25, 0.3) is 5.91 Å². The lowest BCUT2D eigenvalue weighted by atomic mass is 9.99. The van der Waals surface area contributed by atoms with Crippen molar-refractivity contribution in [1.29, 1.82) is 0 Å². The topological polar surface area (TPSA) is 51.0 Å². The summed E-state index contributed by atoms with van der Waals surface area (Å²) in [6, 6.07) is 34.8. The first-order valence-electron chi connectivity index (χ1n) is 11.5. The van der Waals surface area contributed by atoms with Gasteiger partial charge in [0.2, 0.25) is 5.90 Å². The van der Waals surface area contributed by atoms with E-state index in [4.69, 9.17) is 4.74 Å². The summed E-state index contributed by atoms with van der Waals surface area (Å²) in [7, 11) is 0. The number of ether oxygens (including phenoxy) is 1. The van der Waals surface area contributed by atoms with Crippen LogP contribution in [0.1, 0.15) is 39.5 Å². The number of aryl methyl sites for hydroxylation is 1. The molecule has 0 radical (unpaired) electrons. The molecule has 4 nitrogen and oxygen atoms in total. The smallest absolute Gasteiger partial charge is 0.282 e. The molecule has 1 amide bonds. The second kappa shape index (κ2) is 11.6. The average Bonchev–Trinajstić information content (AvgIpc) is 2.90. The second-order valence-corrected chi connectivity index (χ2v) is 7.87. The zero-order valence-corrected chi connectivity index (χ0v) is 19.8. The van der Waals surface area contributed by atoms with Crippen LogP contribution < -0.4 is 0 Å². The minimum Gasteiger partial charge on any atom is -0.477 e. The molecule has 4 aromatic rings. The summed E-state index contributed by atoms with van der Waals surface area (Å²) in [6.45, 7) is 4.28. The molecule has 4 heteroatoms. The molecule has 0 N–H and O–H groups in total. The van der Waals surface area contributed by atoms with Crippen molar-refractivity contribution < 1.29 is 9.53 Å². The molecule has 0 saturated heterocycles. The summed E-state index contributed by atoms with van der Waals surface area (Å²) in [5.41, 5.74) is 5.56. The van der Waals surface area contributed by atoms with Gasteiger partial charge in [-0.2, -0.15) is 4.99 Å². The molecular weight excluding hydrogens is 432 g/mol. The highest BCUT2D eigenvalue weighted by molar-refractivity contribution is 6.09. The molecule has 0 aliphatic carbocycles. The third kappa shape index (κ3) is 6.08. The Hall–Kier alpha value is -4.53. The quantitative estimate of drug-likeness (QED) is 0.230. The van der Waals surface area contributed by atoms with E-state index in [0.717, 1.165) is 27.8 Å². The predicted octanol–water partition coefficient (Wildman–Crippen LogP) is 7.05. The molecule has 4 rings (SSSR count). The lowest BCUT2D eigenvalue weighted by Gasteiger charge is -2.08. The van der Waals surface area contributed by atoms with Crippen molar-refractivity contribution in [3.63, 3.8) is 0 Å². The number of hydrogen-bond acceptors (Lipinski definition) is 3. The summed E-state index contributed by atoms with van der Waals surface area (Å²) < 4.78 is 5.69. The Balaban J connectivity index is 1.76. The van der Waals surface area contributed by atoms with Gasteiger partial charge in [0.15, 0.2) is 0 Å². The fourth-order valence-electron chi connectivity index (χ4n) is 3.54.